The molecule has 0 aromatic carbocycles. The first-order valence-corrected chi connectivity index (χ1v) is 6.48. The van der Waals surface area contributed by atoms with Gasteiger partial charge in [-0.15, -0.1) is 0 Å². The van der Waals surface area contributed by atoms with Gasteiger partial charge in [0.05, 0.1) is 25.0 Å². The first-order valence-electron chi connectivity index (χ1n) is 6.48. The van der Waals surface area contributed by atoms with Crippen LogP contribution in [0.3, 0.4) is 0 Å². The summed E-state index contributed by atoms with van der Waals surface area (Å²) in [6.45, 7) is 2.61. The molecule has 2 N–H and O–H groups in total. The molecule has 2 heterocycles. The number of nitrogens with two attached hydrogens (primary N) is 1. The number of hydrogen-bond donors (Lipinski definition) is 1. The van der Waals surface area contributed by atoms with Crippen molar-refractivity contribution in [3.05, 3.63) is 42.0 Å². The second-order valence-electron chi connectivity index (χ2n) is 4.55. The monoisotopic (exact) mass is 274 g/mol. The van der Waals surface area contributed by atoms with Gasteiger partial charge in [0.2, 0.25) is 0 Å². The number of ketones is 1. The maximum absolute atomic E-state index is 12.3. The summed E-state index contributed by atoms with van der Waals surface area (Å²) in [5.41, 5.74) is 7.08. The summed E-state index contributed by atoms with van der Waals surface area (Å²) >= 11 is 0. The normalized spacial score (nSPS) is 12.2. The molecule has 1 unspecified atom stereocenters. The van der Waals surface area contributed by atoms with Crippen molar-refractivity contribution in [3.8, 4) is 5.75 Å². The number of aromatic nitrogens is 3. The molecular formula is C14H18N4O2. The van der Waals surface area contributed by atoms with Crippen LogP contribution in [-0.2, 0) is 7.05 Å². The number of carbonyl (C=O) groups is 1. The van der Waals surface area contributed by atoms with Crippen LogP contribution in [-0.4, -0.2) is 27.2 Å². The number of ether oxygens (including phenoxy) is 1. The number of nitrogens with zero attached hydrogens (tertiary/aromatic N) is 3. The number of Topliss-reactive ketones (excluding diaryl/α,β-unsaturated/α-hetero) is 1. The van der Waals surface area contributed by atoms with Crippen LogP contribution in [0.2, 0.25) is 0 Å². The minimum Gasteiger partial charge on any atom is -0.492 e. The van der Waals surface area contributed by atoms with Crippen molar-refractivity contribution in [1.82, 2.24) is 14.8 Å². The Bertz CT molecular complexity index is 594. The van der Waals surface area contributed by atoms with E-state index in [2.05, 4.69) is 10.1 Å². The molecule has 106 valence electrons. The Morgan fingerprint density at radius 1 is 1.45 bits per heavy atom. The van der Waals surface area contributed by atoms with Gasteiger partial charge >= 0.3 is 0 Å². The Balaban J connectivity index is 2.16. The van der Waals surface area contributed by atoms with Crippen molar-refractivity contribution in [2.24, 2.45) is 12.8 Å². The van der Waals surface area contributed by atoms with Crippen LogP contribution in [0.1, 0.15) is 35.3 Å². The van der Waals surface area contributed by atoms with Gasteiger partial charge in [-0.1, -0.05) is 6.92 Å². The Kier molecular flexibility index (Phi) is 4.47. The molecule has 0 fully saturated rings. The fourth-order valence-corrected chi connectivity index (χ4v) is 1.78. The van der Waals surface area contributed by atoms with Crippen LogP contribution in [0, 0.1) is 0 Å². The highest BCUT2D eigenvalue weighted by Gasteiger charge is 2.19. The Hall–Kier alpha value is -2.21. The van der Waals surface area contributed by atoms with E-state index in [1.54, 1.807) is 36.4 Å². The summed E-state index contributed by atoms with van der Waals surface area (Å²) in [5, 5.41) is 4.02. The van der Waals surface area contributed by atoms with Crippen LogP contribution in [0.4, 0.5) is 0 Å². The lowest BCUT2D eigenvalue weighted by Gasteiger charge is -2.10. The predicted octanol–water partition coefficient (Wildman–Crippen LogP) is 1.49. The molecule has 0 aliphatic rings. The molecule has 0 aliphatic carbocycles. The van der Waals surface area contributed by atoms with Gasteiger partial charge in [-0.3, -0.25) is 14.5 Å². The van der Waals surface area contributed by atoms with E-state index in [0.29, 0.717) is 23.5 Å². The number of carbonyl (C=O) groups excluding carboxylic acids is 1. The van der Waals surface area contributed by atoms with Gasteiger partial charge < -0.3 is 10.5 Å². The van der Waals surface area contributed by atoms with E-state index in [1.807, 2.05) is 6.92 Å². The van der Waals surface area contributed by atoms with E-state index in [9.17, 15) is 4.79 Å². The summed E-state index contributed by atoms with van der Waals surface area (Å²) < 4.78 is 7.08. The third kappa shape index (κ3) is 3.21. The molecule has 6 nitrogen and oxygen atoms in total. The van der Waals surface area contributed by atoms with Crippen LogP contribution in [0.5, 0.6) is 5.75 Å². The molecule has 0 saturated heterocycles. The zero-order valence-corrected chi connectivity index (χ0v) is 11.6. The summed E-state index contributed by atoms with van der Waals surface area (Å²) in [7, 11) is 1.78. The summed E-state index contributed by atoms with van der Waals surface area (Å²) in [6.07, 6.45) is 7.30. The second kappa shape index (κ2) is 6.29. The molecule has 2 aromatic rings. The average molecular weight is 274 g/mol. The predicted molar refractivity (Wildman–Crippen MR) is 74.5 cm³/mol. The molecule has 6 heteroatoms. The topological polar surface area (TPSA) is 83.0 Å². The Labute approximate surface area is 117 Å². The van der Waals surface area contributed by atoms with Crippen molar-refractivity contribution in [2.45, 2.75) is 19.4 Å². The zero-order valence-electron chi connectivity index (χ0n) is 11.6. The highest BCUT2D eigenvalue weighted by Crippen LogP contribution is 2.18. The maximum atomic E-state index is 12.3. The van der Waals surface area contributed by atoms with Crippen molar-refractivity contribution >= 4 is 5.78 Å². The third-order valence-electron chi connectivity index (χ3n) is 2.84. The van der Waals surface area contributed by atoms with Gasteiger partial charge in [0.25, 0.3) is 0 Å². The number of rotatable bonds is 6. The van der Waals surface area contributed by atoms with Gasteiger partial charge in [-0.05, 0) is 12.5 Å². The fourth-order valence-electron chi connectivity index (χ4n) is 1.78. The van der Waals surface area contributed by atoms with Gasteiger partial charge in [0.1, 0.15) is 5.75 Å². The van der Waals surface area contributed by atoms with Crippen molar-refractivity contribution < 1.29 is 9.53 Å². The number of pyridine rings is 1. The SMILES string of the molecule is CCCOc1cncc(C(=O)C(N)c2cnn(C)c2)c1. The van der Waals surface area contributed by atoms with E-state index in [-0.39, 0.29) is 5.78 Å². The largest absolute Gasteiger partial charge is 0.492 e. The van der Waals surface area contributed by atoms with Crippen molar-refractivity contribution in [3.63, 3.8) is 0 Å². The van der Waals surface area contributed by atoms with Crippen LogP contribution < -0.4 is 10.5 Å². The minimum atomic E-state index is -0.744. The smallest absolute Gasteiger partial charge is 0.185 e. The molecule has 2 aromatic heterocycles. The van der Waals surface area contributed by atoms with E-state index in [0.717, 1.165) is 6.42 Å². The van der Waals surface area contributed by atoms with E-state index >= 15 is 0 Å². The fraction of sp³-hybridized carbons (Fsp3) is 0.357. The molecule has 0 spiro atoms. The zero-order chi connectivity index (χ0) is 14.5. The first kappa shape index (κ1) is 14.2. The Morgan fingerprint density at radius 3 is 2.90 bits per heavy atom. The lowest BCUT2D eigenvalue weighted by atomic mass is 10.0. The van der Waals surface area contributed by atoms with Crippen LogP contribution >= 0.6 is 0 Å². The summed E-state index contributed by atoms with van der Waals surface area (Å²) in [6, 6.07) is 0.924. The van der Waals surface area contributed by atoms with Gasteiger partial charge in [-0.25, -0.2) is 0 Å². The van der Waals surface area contributed by atoms with Crippen LogP contribution in [0.15, 0.2) is 30.9 Å². The molecule has 0 saturated carbocycles. The number of hydrogen-bond acceptors (Lipinski definition) is 5. The third-order valence-corrected chi connectivity index (χ3v) is 2.84. The molecule has 0 amide bonds. The molecule has 20 heavy (non-hydrogen) atoms. The second-order valence-corrected chi connectivity index (χ2v) is 4.55. The molecule has 0 radical (unpaired) electrons. The van der Waals surface area contributed by atoms with Gasteiger partial charge in [-0.2, -0.15) is 5.10 Å². The molecule has 1 atom stereocenters. The molecule has 0 aliphatic heterocycles. The minimum absolute atomic E-state index is 0.201. The highest BCUT2D eigenvalue weighted by molar-refractivity contribution is 6.00. The summed E-state index contributed by atoms with van der Waals surface area (Å²) in [4.78, 5) is 16.3. The number of aryl methyl sites for hydroxylation is 1. The van der Waals surface area contributed by atoms with Gasteiger partial charge in [0.15, 0.2) is 5.78 Å². The van der Waals surface area contributed by atoms with E-state index in [4.69, 9.17) is 10.5 Å². The first-order chi connectivity index (χ1) is 9.61. The molecule has 2 rings (SSSR count). The quantitative estimate of drug-likeness (QED) is 0.807. The average Bonchev–Trinajstić information content (AvgIpc) is 2.90. The molecule has 0 bridgehead atoms. The van der Waals surface area contributed by atoms with Crippen molar-refractivity contribution in [2.75, 3.05) is 6.61 Å². The lowest BCUT2D eigenvalue weighted by molar-refractivity contribution is 0.0960. The van der Waals surface area contributed by atoms with Crippen LogP contribution in [0.25, 0.3) is 0 Å². The Morgan fingerprint density at radius 2 is 2.25 bits per heavy atom. The standard InChI is InChI=1S/C14H18N4O2/c1-3-4-20-12-5-10(6-16-8-12)14(19)13(15)11-7-17-18(2)9-11/h5-9,13H,3-4,15H2,1-2H3. The van der Waals surface area contributed by atoms with E-state index in [1.165, 1.54) is 6.20 Å². The van der Waals surface area contributed by atoms with Gasteiger partial charge in [0, 0.05) is 30.6 Å². The highest BCUT2D eigenvalue weighted by atomic mass is 16.5. The van der Waals surface area contributed by atoms with Crippen molar-refractivity contribution in [1.29, 1.82) is 0 Å². The molecular weight excluding hydrogens is 256 g/mol. The van der Waals surface area contributed by atoms with E-state index < -0.39 is 6.04 Å². The summed E-state index contributed by atoms with van der Waals surface area (Å²) in [5.74, 6) is 0.378. The lowest BCUT2D eigenvalue weighted by Crippen LogP contribution is -2.21. The maximum Gasteiger partial charge on any atom is 0.185 e.